The molecular formula is C37H59NO8. The van der Waals surface area contributed by atoms with Crippen LogP contribution in [-0.2, 0) is 38.1 Å². The van der Waals surface area contributed by atoms with E-state index in [1.54, 1.807) is 6.92 Å². The third-order valence-corrected chi connectivity index (χ3v) is 13.4. The minimum absolute atomic E-state index is 0.0447. The Bertz CT molecular complexity index is 1120. The van der Waals surface area contributed by atoms with Gasteiger partial charge in [-0.3, -0.25) is 19.3 Å². The van der Waals surface area contributed by atoms with Gasteiger partial charge in [-0.25, -0.2) is 0 Å². The monoisotopic (exact) mass is 645 g/mol. The SMILES string of the molecule is CC(=O)C[C@@H]1CC[C@@]2(C)[C@@H](C1)C[C@@H](OC(C)=O)[C@@H]1[C@@H]2C[C@H](OC(C)=O)[C@]2(C)[C@@H](C(C)CCC(=O)OCCN3CCOCC3)CC[C@@H]12. The maximum Gasteiger partial charge on any atom is 0.305 e. The van der Waals surface area contributed by atoms with Gasteiger partial charge in [-0.1, -0.05) is 20.8 Å². The molecule has 5 fully saturated rings. The summed E-state index contributed by atoms with van der Waals surface area (Å²) >= 11 is 0. The van der Waals surface area contributed by atoms with E-state index in [0.29, 0.717) is 31.3 Å². The highest BCUT2D eigenvalue weighted by molar-refractivity contribution is 5.75. The van der Waals surface area contributed by atoms with Crippen LogP contribution >= 0.6 is 0 Å². The van der Waals surface area contributed by atoms with Crippen molar-refractivity contribution < 1.29 is 38.1 Å². The minimum Gasteiger partial charge on any atom is -0.464 e. The van der Waals surface area contributed by atoms with Gasteiger partial charge in [0.1, 0.15) is 24.6 Å². The smallest absolute Gasteiger partial charge is 0.305 e. The van der Waals surface area contributed by atoms with E-state index in [2.05, 4.69) is 25.7 Å². The van der Waals surface area contributed by atoms with E-state index < -0.39 is 0 Å². The first kappa shape index (κ1) is 35.3. The zero-order chi connectivity index (χ0) is 33.2. The van der Waals surface area contributed by atoms with Gasteiger partial charge in [-0.15, -0.1) is 0 Å². The van der Waals surface area contributed by atoms with Crippen molar-refractivity contribution >= 4 is 23.7 Å². The van der Waals surface area contributed by atoms with Crippen LogP contribution in [0.2, 0.25) is 0 Å². The second-order valence-corrected chi connectivity index (χ2v) is 16.0. The molecule has 0 aromatic rings. The number of ketones is 1. The molecule has 4 aliphatic carbocycles. The second kappa shape index (κ2) is 14.6. The first-order chi connectivity index (χ1) is 21.8. The fraction of sp³-hybridized carbons (Fsp3) is 0.892. The van der Waals surface area contributed by atoms with Crippen molar-refractivity contribution in [3.63, 3.8) is 0 Å². The molecule has 5 aliphatic rings. The van der Waals surface area contributed by atoms with Gasteiger partial charge in [-0.2, -0.15) is 0 Å². The van der Waals surface area contributed by atoms with Crippen molar-refractivity contribution in [1.82, 2.24) is 4.90 Å². The highest BCUT2D eigenvalue weighted by Crippen LogP contribution is 2.69. The quantitative estimate of drug-likeness (QED) is 0.209. The lowest BCUT2D eigenvalue weighted by Crippen LogP contribution is -2.63. The van der Waals surface area contributed by atoms with Gasteiger partial charge >= 0.3 is 17.9 Å². The number of Topliss-reactive ketones (excluding diaryl/α,β-unsaturated/α-hetero) is 1. The predicted octanol–water partition coefficient (Wildman–Crippen LogP) is 5.62. The summed E-state index contributed by atoms with van der Waals surface area (Å²) in [5, 5.41) is 0. The summed E-state index contributed by atoms with van der Waals surface area (Å²) in [7, 11) is 0. The average molecular weight is 646 g/mol. The summed E-state index contributed by atoms with van der Waals surface area (Å²) in [6.45, 7) is 16.1. The normalized spacial score (nSPS) is 39.7. The van der Waals surface area contributed by atoms with Crippen LogP contribution in [0.4, 0.5) is 0 Å². The van der Waals surface area contributed by atoms with Gasteiger partial charge in [0.05, 0.1) is 13.2 Å². The predicted molar refractivity (Wildman–Crippen MR) is 172 cm³/mol. The van der Waals surface area contributed by atoms with Crippen LogP contribution in [0.1, 0.15) is 106 Å². The number of carbonyl (C=O) groups is 4. The Kier molecular flexibility index (Phi) is 11.2. The van der Waals surface area contributed by atoms with Gasteiger partial charge in [0.25, 0.3) is 0 Å². The molecule has 1 aliphatic heterocycles. The lowest BCUT2D eigenvalue weighted by Gasteiger charge is -2.64. The number of rotatable bonds is 11. The summed E-state index contributed by atoms with van der Waals surface area (Å²) in [5.41, 5.74) is -0.233. The molecule has 0 bridgehead atoms. The van der Waals surface area contributed by atoms with Crippen molar-refractivity contribution in [2.24, 2.45) is 52.3 Å². The topological polar surface area (TPSA) is 108 Å². The van der Waals surface area contributed by atoms with Crippen LogP contribution in [0.5, 0.6) is 0 Å². The molecule has 1 unspecified atom stereocenters. The Morgan fingerprint density at radius 3 is 2.30 bits per heavy atom. The number of hydrogen-bond donors (Lipinski definition) is 0. The number of nitrogens with zero attached hydrogens (tertiary/aromatic N) is 1. The molecule has 0 spiro atoms. The van der Waals surface area contributed by atoms with Crippen LogP contribution in [0.25, 0.3) is 0 Å². The number of esters is 3. The van der Waals surface area contributed by atoms with Crippen molar-refractivity contribution in [2.45, 2.75) is 118 Å². The molecule has 5 rings (SSSR count). The minimum atomic E-state index is -0.278. The van der Waals surface area contributed by atoms with E-state index in [4.69, 9.17) is 18.9 Å². The molecule has 1 saturated heterocycles. The third kappa shape index (κ3) is 7.35. The Balaban J connectivity index is 1.32. The Morgan fingerprint density at radius 2 is 1.63 bits per heavy atom. The van der Waals surface area contributed by atoms with Crippen molar-refractivity contribution in [3.05, 3.63) is 0 Å². The fourth-order valence-corrected chi connectivity index (χ4v) is 11.2. The lowest BCUT2D eigenvalue weighted by atomic mass is 9.42. The van der Waals surface area contributed by atoms with E-state index >= 15 is 0 Å². The molecule has 1 heterocycles. The van der Waals surface area contributed by atoms with Crippen LogP contribution in [0, 0.1) is 52.3 Å². The highest BCUT2D eigenvalue weighted by atomic mass is 16.6. The summed E-state index contributed by atoms with van der Waals surface area (Å²) in [4.78, 5) is 52.2. The van der Waals surface area contributed by atoms with Gasteiger partial charge in [0.2, 0.25) is 0 Å². The molecule has 4 saturated carbocycles. The van der Waals surface area contributed by atoms with Gasteiger partial charge in [0.15, 0.2) is 0 Å². The number of ether oxygens (including phenoxy) is 4. The van der Waals surface area contributed by atoms with Gasteiger partial charge in [0, 0.05) is 57.7 Å². The average Bonchev–Trinajstić information content (AvgIpc) is 3.35. The number of carbonyl (C=O) groups excluding carboxylic acids is 4. The Morgan fingerprint density at radius 1 is 0.913 bits per heavy atom. The standard InChI is InChI=1S/C37H59NO8/c1-23(7-10-34(42)44-18-15-38-13-16-43-17-14-38)29-8-9-30-35-31(22-33(37(29,30)6)46-26(4)41)36(5)12-11-27(19-24(2)39)20-28(36)21-32(35)45-25(3)40/h23,27-33,35H,7-22H2,1-6H3/t23?,27-,28-,29+,30-,31-,32+,33-,35-,36-,37+/m0/s1. The first-order valence-electron chi connectivity index (χ1n) is 18.1. The fourth-order valence-electron chi connectivity index (χ4n) is 11.2. The molecule has 9 nitrogen and oxygen atoms in total. The largest absolute Gasteiger partial charge is 0.464 e. The highest BCUT2D eigenvalue weighted by Gasteiger charge is 2.67. The zero-order valence-electron chi connectivity index (χ0n) is 29.2. The first-order valence-corrected chi connectivity index (χ1v) is 18.1. The molecule has 0 N–H and O–H groups in total. The summed E-state index contributed by atoms with van der Waals surface area (Å²) in [6.07, 6.45) is 8.02. The van der Waals surface area contributed by atoms with Crippen molar-refractivity contribution in [2.75, 3.05) is 39.5 Å². The van der Waals surface area contributed by atoms with E-state index in [0.717, 1.165) is 84.2 Å². The van der Waals surface area contributed by atoms with Crippen LogP contribution in [-0.4, -0.2) is 80.3 Å². The lowest BCUT2D eigenvalue weighted by molar-refractivity contribution is -0.222. The van der Waals surface area contributed by atoms with Gasteiger partial charge in [-0.05, 0) is 99.2 Å². The molecule has 9 heteroatoms. The molecule has 46 heavy (non-hydrogen) atoms. The van der Waals surface area contributed by atoms with E-state index in [-0.39, 0.29) is 76.3 Å². The second-order valence-electron chi connectivity index (χ2n) is 16.0. The Hall–Kier alpha value is -2.00. The third-order valence-electron chi connectivity index (χ3n) is 13.4. The molecule has 0 radical (unpaired) electrons. The zero-order valence-corrected chi connectivity index (χ0v) is 29.2. The molecule has 260 valence electrons. The van der Waals surface area contributed by atoms with Crippen LogP contribution < -0.4 is 0 Å². The maximum absolute atomic E-state index is 12.8. The van der Waals surface area contributed by atoms with E-state index in [1.165, 1.54) is 13.8 Å². The molecule has 0 amide bonds. The number of morpholine rings is 1. The van der Waals surface area contributed by atoms with Crippen LogP contribution in [0.3, 0.4) is 0 Å². The summed E-state index contributed by atoms with van der Waals surface area (Å²) in [5.74, 6) is 1.61. The molecule has 11 atom stereocenters. The summed E-state index contributed by atoms with van der Waals surface area (Å²) < 4.78 is 23.5. The molecule has 0 aromatic heterocycles. The molecular weight excluding hydrogens is 586 g/mol. The number of fused-ring (bicyclic) bond motifs is 5. The Labute approximate surface area is 276 Å². The summed E-state index contributed by atoms with van der Waals surface area (Å²) in [6, 6.07) is 0. The van der Waals surface area contributed by atoms with Crippen molar-refractivity contribution in [3.8, 4) is 0 Å². The van der Waals surface area contributed by atoms with E-state index in [9.17, 15) is 19.2 Å². The van der Waals surface area contributed by atoms with E-state index in [1.807, 2.05) is 0 Å². The number of hydrogen-bond acceptors (Lipinski definition) is 9. The van der Waals surface area contributed by atoms with Crippen LogP contribution in [0.15, 0.2) is 0 Å². The maximum atomic E-state index is 12.8. The van der Waals surface area contributed by atoms with Gasteiger partial charge < -0.3 is 23.7 Å². The van der Waals surface area contributed by atoms with Crippen molar-refractivity contribution in [1.29, 1.82) is 0 Å². The molecule has 0 aromatic carbocycles.